The summed E-state index contributed by atoms with van der Waals surface area (Å²) in [5.74, 6) is -1.24. The first-order valence-corrected chi connectivity index (χ1v) is 10.2. The molecule has 1 amide bonds. The Kier molecular flexibility index (Phi) is 6.91. The monoisotopic (exact) mass is 454 g/mol. The minimum Gasteiger partial charge on any atom is -0.352 e. The quantitative estimate of drug-likeness (QED) is 0.667. The van der Waals surface area contributed by atoms with Crippen LogP contribution in [0.15, 0.2) is 30.6 Å². The highest BCUT2D eigenvalue weighted by molar-refractivity contribution is 6.57. The highest BCUT2D eigenvalue weighted by Gasteiger charge is 2.64. The van der Waals surface area contributed by atoms with Crippen molar-refractivity contribution in [1.29, 1.82) is 0 Å². The minimum absolute atomic E-state index is 0.0387. The number of benzene rings is 1. The molecule has 1 saturated heterocycles. The van der Waals surface area contributed by atoms with E-state index in [4.69, 9.17) is 58.7 Å². The van der Waals surface area contributed by atoms with E-state index in [9.17, 15) is 9.18 Å². The van der Waals surface area contributed by atoms with Crippen molar-refractivity contribution >= 4 is 64.6 Å². The van der Waals surface area contributed by atoms with Crippen molar-refractivity contribution in [3.63, 3.8) is 0 Å². The van der Waals surface area contributed by atoms with Gasteiger partial charge in [-0.15, -0.1) is 0 Å². The number of hydrogen-bond donors (Lipinski definition) is 1. The van der Waals surface area contributed by atoms with Crippen LogP contribution in [-0.4, -0.2) is 91.9 Å². The van der Waals surface area contributed by atoms with Gasteiger partial charge in [-0.25, -0.2) is 18.7 Å². The molecule has 33 heavy (non-hydrogen) atoms. The van der Waals surface area contributed by atoms with Crippen molar-refractivity contribution in [2.75, 3.05) is 13.1 Å². The maximum atomic E-state index is 16.4. The summed E-state index contributed by atoms with van der Waals surface area (Å²) in [6.45, 7) is 0.615. The number of carbonyl (C=O) groups excluding carboxylic acids is 1. The fourth-order valence-corrected chi connectivity index (χ4v) is 3.82. The number of alkyl halides is 1. The average Bonchev–Trinajstić information content (AvgIpc) is 2.73. The standard InChI is InChI=1S/C19H15B6ClF2N4O/c1-10-5-30-14(31-6-10)7-29-8-16(28)17(20,21)9-32(19(24,25)18(16,22)23)15(33)11-2-3-13(27)12(26)4-11/h2-6,29H,7-9H2,1H3. The Morgan fingerprint density at radius 2 is 1.79 bits per heavy atom. The number of piperidine rings is 1. The first-order chi connectivity index (χ1) is 15.1. The van der Waals surface area contributed by atoms with Crippen molar-refractivity contribution in [2.45, 2.75) is 34.9 Å². The van der Waals surface area contributed by atoms with Gasteiger partial charge in [-0.1, -0.05) is 16.8 Å². The lowest BCUT2D eigenvalue weighted by Gasteiger charge is -2.68. The van der Waals surface area contributed by atoms with Crippen molar-refractivity contribution < 1.29 is 13.6 Å². The zero-order valence-corrected chi connectivity index (χ0v) is 18.6. The predicted octanol–water partition coefficient (Wildman–Crippen LogP) is 0.429. The van der Waals surface area contributed by atoms with Crippen molar-refractivity contribution in [1.82, 2.24) is 20.2 Å². The van der Waals surface area contributed by atoms with E-state index in [0.717, 1.165) is 28.7 Å². The smallest absolute Gasteiger partial charge is 0.252 e. The van der Waals surface area contributed by atoms with Crippen molar-refractivity contribution in [2.24, 2.45) is 0 Å². The van der Waals surface area contributed by atoms with Gasteiger partial charge >= 0.3 is 0 Å². The second kappa shape index (κ2) is 8.80. The number of amides is 1. The van der Waals surface area contributed by atoms with Crippen LogP contribution >= 0.6 is 11.6 Å². The van der Waals surface area contributed by atoms with E-state index in [0.29, 0.717) is 5.82 Å². The van der Waals surface area contributed by atoms with Gasteiger partial charge in [0.05, 0.1) is 58.6 Å². The highest BCUT2D eigenvalue weighted by Crippen LogP contribution is 2.59. The van der Waals surface area contributed by atoms with Crippen molar-refractivity contribution in [3.05, 3.63) is 58.4 Å². The molecule has 14 heteroatoms. The predicted molar refractivity (Wildman–Crippen MR) is 127 cm³/mol. The number of nitrogens with one attached hydrogen (secondary N) is 1. The molecule has 2 heterocycles. The average molecular weight is 454 g/mol. The molecule has 0 saturated carbocycles. The van der Waals surface area contributed by atoms with Crippen LogP contribution in [0, 0.1) is 12.7 Å². The molecule has 0 aliphatic carbocycles. The molecule has 1 aromatic carbocycles. The summed E-state index contributed by atoms with van der Waals surface area (Å²) in [5.41, 5.74) is -2.05. The number of halogens is 3. The lowest BCUT2D eigenvalue weighted by atomic mass is 9.21. The van der Waals surface area contributed by atoms with Crippen LogP contribution in [0.4, 0.5) is 8.78 Å². The maximum Gasteiger partial charge on any atom is 0.252 e. The van der Waals surface area contributed by atoms with Gasteiger partial charge in [0, 0.05) is 31.0 Å². The van der Waals surface area contributed by atoms with E-state index in [2.05, 4.69) is 15.3 Å². The van der Waals surface area contributed by atoms with Gasteiger partial charge in [0.25, 0.3) is 5.91 Å². The fourth-order valence-electron chi connectivity index (χ4n) is 3.64. The molecular weight excluding hydrogens is 439 g/mol. The van der Waals surface area contributed by atoms with Crippen molar-refractivity contribution in [3.8, 4) is 0 Å². The fraction of sp³-hybridized carbons (Fsp3) is 0.421. The first-order valence-electron chi connectivity index (χ1n) is 9.81. The third kappa shape index (κ3) is 4.39. The number of rotatable bonds is 5. The molecule has 5 nitrogen and oxygen atoms in total. The molecule has 156 valence electrons. The molecule has 1 atom stereocenters. The number of aryl methyl sites for hydroxylation is 1. The lowest BCUT2D eigenvalue weighted by Crippen LogP contribution is -2.77. The summed E-state index contributed by atoms with van der Waals surface area (Å²) in [5, 5.41) is -4.93. The number of nitrogens with zero attached hydrogens (tertiary/aromatic N) is 3. The number of carbonyl (C=O) groups is 1. The number of likely N-dealkylation sites (tertiary alicyclic amines) is 1. The second-order valence-electron chi connectivity index (χ2n) is 8.34. The van der Waals surface area contributed by atoms with Gasteiger partial charge in [-0.05, 0) is 41.2 Å². The van der Waals surface area contributed by atoms with Gasteiger partial charge in [0.1, 0.15) is 17.3 Å². The largest absolute Gasteiger partial charge is 0.352 e. The first kappa shape index (κ1) is 25.9. The Balaban J connectivity index is 1.89. The lowest BCUT2D eigenvalue weighted by molar-refractivity contribution is 0.00357. The van der Waals surface area contributed by atoms with E-state index in [1.54, 1.807) is 12.4 Å². The van der Waals surface area contributed by atoms with Gasteiger partial charge in [-0.3, -0.25) is 4.79 Å². The van der Waals surface area contributed by atoms with Crippen LogP contribution in [0.25, 0.3) is 0 Å². The van der Waals surface area contributed by atoms with Gasteiger partial charge < -0.3 is 10.2 Å². The molecule has 1 aliphatic rings. The number of hydrogen-bond acceptors (Lipinski definition) is 4. The molecule has 12 radical (unpaired) electrons. The summed E-state index contributed by atoms with van der Waals surface area (Å²) in [4.78, 5) is 22.1. The SMILES string of the molecule is [B]C1([B])CN(C(=O)c2ccc(F)c(Cl)c2)C([B])([B])C([B])([B])C1(F)CNCc1ncc(C)cn1. The third-order valence-electron chi connectivity index (χ3n) is 5.82. The molecule has 2 aromatic rings. The summed E-state index contributed by atoms with van der Waals surface area (Å²) >= 11 is 5.76. The highest BCUT2D eigenvalue weighted by atomic mass is 35.5. The third-order valence-corrected chi connectivity index (χ3v) is 6.11. The van der Waals surface area contributed by atoms with Crippen LogP contribution in [0.3, 0.4) is 0 Å². The van der Waals surface area contributed by atoms with Crippen LogP contribution in [-0.2, 0) is 6.54 Å². The molecule has 0 spiro atoms. The Hall–Kier alpha value is -1.73. The van der Waals surface area contributed by atoms with Gasteiger partial charge in [0.15, 0.2) is 0 Å². The Morgan fingerprint density at radius 1 is 1.18 bits per heavy atom. The van der Waals surface area contributed by atoms with Crippen LogP contribution in [0.2, 0.25) is 15.5 Å². The van der Waals surface area contributed by atoms with Gasteiger partial charge in [-0.2, -0.15) is 0 Å². The molecule has 0 bridgehead atoms. The molecular formula is C19H15B6ClF2N4O. The van der Waals surface area contributed by atoms with E-state index in [1.807, 2.05) is 6.92 Å². The Labute approximate surface area is 204 Å². The summed E-state index contributed by atoms with van der Waals surface area (Å²) in [6, 6.07) is 3.17. The zero-order chi connectivity index (χ0) is 24.8. The van der Waals surface area contributed by atoms with E-state index in [1.165, 1.54) is 0 Å². The van der Waals surface area contributed by atoms with E-state index < -0.39 is 46.2 Å². The van der Waals surface area contributed by atoms with Gasteiger partial charge in [0.2, 0.25) is 0 Å². The van der Waals surface area contributed by atoms with Crippen LogP contribution < -0.4 is 5.32 Å². The maximum absolute atomic E-state index is 16.4. The normalized spacial score (nSPS) is 23.2. The number of aromatic nitrogens is 2. The molecule has 1 aromatic heterocycles. The topological polar surface area (TPSA) is 58.1 Å². The van der Waals surface area contributed by atoms with E-state index in [-0.39, 0.29) is 17.1 Å². The zero-order valence-electron chi connectivity index (χ0n) is 17.9. The minimum atomic E-state index is -2.80. The molecule has 1 aliphatic heterocycles. The molecule has 1 fully saturated rings. The Bertz CT molecular complexity index is 1060. The van der Waals surface area contributed by atoms with E-state index >= 15 is 4.39 Å². The molecule has 1 unspecified atom stereocenters. The second-order valence-corrected chi connectivity index (χ2v) is 8.74. The van der Waals surface area contributed by atoms with Crippen LogP contribution in [0.1, 0.15) is 21.7 Å². The Morgan fingerprint density at radius 3 is 2.36 bits per heavy atom. The molecule has 1 N–H and O–H groups in total. The summed E-state index contributed by atoms with van der Waals surface area (Å²) in [6.07, 6.45) is 3.19. The summed E-state index contributed by atoms with van der Waals surface area (Å²) < 4.78 is 29.9. The molecule has 3 rings (SSSR count). The van der Waals surface area contributed by atoms with Crippen LogP contribution in [0.5, 0.6) is 0 Å². The summed E-state index contributed by atoms with van der Waals surface area (Å²) in [7, 11) is 36.7.